The Kier molecular flexibility index (Phi) is 3.55. The summed E-state index contributed by atoms with van der Waals surface area (Å²) in [5, 5.41) is 0.573. The molecule has 2 nitrogen and oxygen atoms in total. The van der Waals surface area contributed by atoms with Crippen molar-refractivity contribution >= 4 is 17.3 Å². The predicted octanol–water partition coefficient (Wildman–Crippen LogP) is 3.99. The lowest BCUT2D eigenvalue weighted by Crippen LogP contribution is -1.91. The summed E-state index contributed by atoms with van der Waals surface area (Å²) in [4.78, 5) is 0. The van der Waals surface area contributed by atoms with Crippen molar-refractivity contribution in [2.45, 2.75) is 6.92 Å². The van der Waals surface area contributed by atoms with E-state index in [1.54, 1.807) is 0 Å². The van der Waals surface area contributed by atoms with Crippen LogP contribution in [-0.4, -0.2) is 6.61 Å². The zero-order valence-electron chi connectivity index (χ0n) is 9.61. The Morgan fingerprint density at radius 1 is 1.12 bits per heavy atom. The maximum Gasteiger partial charge on any atom is 0.119 e. The van der Waals surface area contributed by atoms with Gasteiger partial charge in [0, 0.05) is 0 Å². The van der Waals surface area contributed by atoms with Gasteiger partial charge >= 0.3 is 0 Å². The molecule has 0 aliphatic heterocycles. The first-order chi connectivity index (χ1) is 8.20. The van der Waals surface area contributed by atoms with E-state index in [1.807, 2.05) is 49.4 Å². The van der Waals surface area contributed by atoms with Crippen LogP contribution in [0.15, 0.2) is 42.5 Å². The van der Waals surface area contributed by atoms with Gasteiger partial charge in [-0.2, -0.15) is 0 Å². The van der Waals surface area contributed by atoms with Gasteiger partial charge in [0.25, 0.3) is 0 Å². The van der Waals surface area contributed by atoms with Gasteiger partial charge in [-0.25, -0.2) is 0 Å². The molecule has 3 heteroatoms. The van der Waals surface area contributed by atoms with Crippen molar-refractivity contribution in [3.63, 3.8) is 0 Å². The Morgan fingerprint density at radius 2 is 1.88 bits per heavy atom. The molecule has 0 aliphatic rings. The zero-order valence-corrected chi connectivity index (χ0v) is 10.4. The quantitative estimate of drug-likeness (QED) is 0.833. The largest absolute Gasteiger partial charge is 0.494 e. The summed E-state index contributed by atoms with van der Waals surface area (Å²) >= 11 is 6.01. The molecule has 88 valence electrons. The molecule has 0 aromatic heterocycles. The van der Waals surface area contributed by atoms with E-state index in [-0.39, 0.29) is 0 Å². The van der Waals surface area contributed by atoms with E-state index >= 15 is 0 Å². The molecule has 0 spiro atoms. The second-order valence-electron chi connectivity index (χ2n) is 3.70. The summed E-state index contributed by atoms with van der Waals surface area (Å²) < 4.78 is 5.46. The van der Waals surface area contributed by atoms with E-state index in [1.165, 1.54) is 0 Å². The second kappa shape index (κ2) is 5.11. The number of rotatable bonds is 3. The van der Waals surface area contributed by atoms with E-state index in [9.17, 15) is 0 Å². The Morgan fingerprint density at radius 3 is 2.59 bits per heavy atom. The summed E-state index contributed by atoms with van der Waals surface area (Å²) in [6.07, 6.45) is 0. The van der Waals surface area contributed by atoms with Crippen LogP contribution in [0.3, 0.4) is 0 Å². The summed E-state index contributed by atoms with van der Waals surface area (Å²) in [5.41, 5.74) is 8.38. The highest BCUT2D eigenvalue weighted by Gasteiger charge is 2.02. The number of anilines is 1. The molecule has 2 N–H and O–H groups in total. The summed E-state index contributed by atoms with van der Waals surface area (Å²) in [6.45, 7) is 2.62. The number of hydrogen-bond acceptors (Lipinski definition) is 2. The summed E-state index contributed by atoms with van der Waals surface area (Å²) in [5.74, 6) is 0.859. The number of nitrogens with two attached hydrogens (primary N) is 1. The van der Waals surface area contributed by atoms with Crippen LogP contribution in [0.25, 0.3) is 11.1 Å². The van der Waals surface area contributed by atoms with Crippen LogP contribution in [0.4, 0.5) is 5.69 Å². The molecular weight excluding hydrogens is 234 g/mol. The van der Waals surface area contributed by atoms with Gasteiger partial charge < -0.3 is 10.5 Å². The molecule has 0 fully saturated rings. The average molecular weight is 248 g/mol. The summed E-state index contributed by atoms with van der Waals surface area (Å²) in [6, 6.07) is 13.5. The van der Waals surface area contributed by atoms with Crippen LogP contribution in [0.2, 0.25) is 5.02 Å². The fraction of sp³-hybridized carbons (Fsp3) is 0.143. The van der Waals surface area contributed by atoms with Crippen molar-refractivity contribution in [3.05, 3.63) is 47.5 Å². The molecule has 2 aromatic rings. The van der Waals surface area contributed by atoms with Crippen molar-refractivity contribution in [1.29, 1.82) is 0 Å². The molecule has 0 saturated carbocycles. The maximum absolute atomic E-state index is 6.01. The Balaban J connectivity index is 2.38. The molecule has 0 bridgehead atoms. The third-order valence-corrected chi connectivity index (χ3v) is 2.81. The first-order valence-corrected chi connectivity index (χ1v) is 5.86. The lowest BCUT2D eigenvalue weighted by atomic mass is 10.1. The van der Waals surface area contributed by atoms with E-state index < -0.39 is 0 Å². The fourth-order valence-electron chi connectivity index (χ4n) is 1.64. The monoisotopic (exact) mass is 247 g/mol. The van der Waals surface area contributed by atoms with E-state index in [2.05, 4.69) is 0 Å². The Bertz CT molecular complexity index is 525. The SMILES string of the molecule is CCOc1cccc(-c2ccc(N)c(Cl)c2)c1. The second-order valence-corrected chi connectivity index (χ2v) is 4.10. The van der Waals surface area contributed by atoms with Crippen molar-refractivity contribution in [2.75, 3.05) is 12.3 Å². The highest BCUT2D eigenvalue weighted by atomic mass is 35.5. The maximum atomic E-state index is 6.01. The van der Waals surface area contributed by atoms with Gasteiger partial charge in [-0.3, -0.25) is 0 Å². The molecule has 17 heavy (non-hydrogen) atoms. The lowest BCUT2D eigenvalue weighted by molar-refractivity contribution is 0.340. The molecule has 0 heterocycles. The van der Waals surface area contributed by atoms with Gasteiger partial charge in [-0.15, -0.1) is 0 Å². The fourth-order valence-corrected chi connectivity index (χ4v) is 1.82. The number of benzene rings is 2. The first-order valence-electron chi connectivity index (χ1n) is 5.49. The molecule has 2 rings (SSSR count). The van der Waals surface area contributed by atoms with Gasteiger partial charge in [0.05, 0.1) is 17.3 Å². The highest BCUT2D eigenvalue weighted by molar-refractivity contribution is 6.33. The van der Waals surface area contributed by atoms with Crippen molar-refractivity contribution in [1.82, 2.24) is 0 Å². The van der Waals surface area contributed by atoms with Crippen LogP contribution >= 0.6 is 11.6 Å². The molecule has 0 saturated heterocycles. The van der Waals surface area contributed by atoms with E-state index in [4.69, 9.17) is 22.1 Å². The van der Waals surface area contributed by atoms with Crippen LogP contribution in [0, 0.1) is 0 Å². The van der Waals surface area contributed by atoms with Crippen LogP contribution in [0.5, 0.6) is 5.75 Å². The number of ether oxygens (including phenoxy) is 1. The molecule has 0 amide bonds. The van der Waals surface area contributed by atoms with E-state index in [0.29, 0.717) is 17.3 Å². The molecule has 2 aromatic carbocycles. The molecule has 0 aliphatic carbocycles. The minimum Gasteiger partial charge on any atom is -0.494 e. The van der Waals surface area contributed by atoms with E-state index in [0.717, 1.165) is 16.9 Å². The Hall–Kier alpha value is -1.67. The molecular formula is C14H14ClNO. The van der Waals surface area contributed by atoms with Crippen molar-refractivity contribution in [2.24, 2.45) is 0 Å². The highest BCUT2D eigenvalue weighted by Crippen LogP contribution is 2.28. The molecule has 0 radical (unpaired) electrons. The van der Waals surface area contributed by atoms with Gasteiger partial charge in [-0.05, 0) is 42.3 Å². The van der Waals surface area contributed by atoms with Crippen molar-refractivity contribution < 1.29 is 4.74 Å². The van der Waals surface area contributed by atoms with Gasteiger partial charge in [0.15, 0.2) is 0 Å². The third kappa shape index (κ3) is 2.71. The Labute approximate surface area is 106 Å². The summed E-state index contributed by atoms with van der Waals surface area (Å²) in [7, 11) is 0. The average Bonchev–Trinajstić information content (AvgIpc) is 2.33. The standard InChI is InChI=1S/C14H14ClNO/c1-2-17-12-5-3-4-10(8-12)11-6-7-14(16)13(15)9-11/h3-9H,2,16H2,1H3. The number of nitrogen functional groups attached to an aromatic ring is 1. The predicted molar refractivity (Wildman–Crippen MR) is 72.5 cm³/mol. The zero-order chi connectivity index (χ0) is 12.3. The number of hydrogen-bond donors (Lipinski definition) is 1. The topological polar surface area (TPSA) is 35.2 Å². The molecule has 0 atom stereocenters. The normalized spacial score (nSPS) is 10.2. The first kappa shape index (κ1) is 11.8. The van der Waals surface area contributed by atoms with Gasteiger partial charge in [-0.1, -0.05) is 29.8 Å². The van der Waals surface area contributed by atoms with Gasteiger partial charge in [0.1, 0.15) is 5.75 Å². The van der Waals surface area contributed by atoms with Crippen LogP contribution in [-0.2, 0) is 0 Å². The smallest absolute Gasteiger partial charge is 0.119 e. The third-order valence-electron chi connectivity index (χ3n) is 2.48. The lowest BCUT2D eigenvalue weighted by Gasteiger charge is -2.07. The van der Waals surface area contributed by atoms with Crippen molar-refractivity contribution in [3.8, 4) is 16.9 Å². The molecule has 0 unspecified atom stereocenters. The van der Waals surface area contributed by atoms with Crippen LogP contribution in [0.1, 0.15) is 6.92 Å². The minimum atomic E-state index is 0.573. The minimum absolute atomic E-state index is 0.573. The number of halogens is 1. The van der Waals surface area contributed by atoms with Gasteiger partial charge in [0.2, 0.25) is 0 Å². The van der Waals surface area contributed by atoms with Crippen LogP contribution < -0.4 is 10.5 Å².